The SMILES string of the molecule is CC[NH+](CC(=O)Nc1ccc(-c2ccccc2)cc1)CC(=O)Nc1ccccc1OC. The van der Waals surface area contributed by atoms with Gasteiger partial charge in [-0.15, -0.1) is 0 Å². The van der Waals surface area contributed by atoms with Gasteiger partial charge in [-0.25, -0.2) is 0 Å². The Morgan fingerprint density at radius 3 is 2.00 bits per heavy atom. The maximum absolute atomic E-state index is 12.5. The minimum absolute atomic E-state index is 0.130. The number of quaternary nitrogens is 1. The summed E-state index contributed by atoms with van der Waals surface area (Å²) in [5, 5.41) is 5.77. The molecule has 2 amide bonds. The van der Waals surface area contributed by atoms with E-state index in [-0.39, 0.29) is 24.9 Å². The van der Waals surface area contributed by atoms with E-state index in [1.807, 2.05) is 73.7 Å². The lowest BCUT2D eigenvalue weighted by molar-refractivity contribution is -0.881. The first kappa shape index (κ1) is 22.1. The third-order valence-electron chi connectivity index (χ3n) is 4.98. The van der Waals surface area contributed by atoms with Gasteiger partial charge in [0, 0.05) is 5.69 Å². The number of ether oxygens (including phenoxy) is 1. The lowest BCUT2D eigenvalue weighted by Crippen LogP contribution is -3.13. The van der Waals surface area contributed by atoms with Crippen LogP contribution in [0.3, 0.4) is 0 Å². The van der Waals surface area contributed by atoms with Crippen LogP contribution in [-0.4, -0.2) is 38.6 Å². The minimum atomic E-state index is -0.165. The molecule has 0 aliphatic carbocycles. The lowest BCUT2D eigenvalue weighted by Gasteiger charge is -2.17. The summed E-state index contributed by atoms with van der Waals surface area (Å²) in [5.41, 5.74) is 3.57. The molecule has 31 heavy (non-hydrogen) atoms. The van der Waals surface area contributed by atoms with Crippen LogP contribution in [0.1, 0.15) is 6.92 Å². The second kappa shape index (κ2) is 10.9. The van der Waals surface area contributed by atoms with Gasteiger partial charge < -0.3 is 20.3 Å². The molecule has 1 unspecified atom stereocenters. The van der Waals surface area contributed by atoms with Crippen molar-refractivity contribution in [2.24, 2.45) is 0 Å². The van der Waals surface area contributed by atoms with E-state index in [1.54, 1.807) is 19.2 Å². The molecular formula is C25H28N3O3+. The number of likely N-dealkylation sites (N-methyl/N-ethyl adjacent to an activating group) is 1. The highest BCUT2D eigenvalue weighted by Crippen LogP contribution is 2.23. The third-order valence-corrected chi connectivity index (χ3v) is 4.98. The van der Waals surface area contributed by atoms with Gasteiger partial charge in [-0.05, 0) is 42.3 Å². The van der Waals surface area contributed by atoms with Crippen molar-refractivity contribution in [1.29, 1.82) is 0 Å². The molecule has 0 aliphatic heterocycles. The van der Waals surface area contributed by atoms with Crippen LogP contribution in [-0.2, 0) is 9.59 Å². The number of para-hydroxylation sites is 2. The molecule has 0 saturated carbocycles. The van der Waals surface area contributed by atoms with E-state index in [1.165, 1.54) is 0 Å². The average molecular weight is 419 g/mol. The fraction of sp³-hybridized carbons (Fsp3) is 0.200. The Labute approximate surface area is 182 Å². The Bertz CT molecular complexity index is 1000. The normalized spacial score (nSPS) is 11.4. The second-order valence-corrected chi connectivity index (χ2v) is 7.20. The molecule has 0 aliphatic rings. The summed E-state index contributed by atoms with van der Waals surface area (Å²) in [6.07, 6.45) is 0. The molecule has 160 valence electrons. The van der Waals surface area contributed by atoms with Gasteiger partial charge in [0.15, 0.2) is 13.1 Å². The van der Waals surface area contributed by atoms with Gasteiger partial charge in [-0.1, -0.05) is 54.6 Å². The largest absolute Gasteiger partial charge is 0.495 e. The minimum Gasteiger partial charge on any atom is -0.495 e. The monoisotopic (exact) mass is 418 g/mol. The van der Waals surface area contributed by atoms with Crippen LogP contribution in [0.2, 0.25) is 0 Å². The molecule has 0 heterocycles. The first-order valence-electron chi connectivity index (χ1n) is 10.3. The van der Waals surface area contributed by atoms with Crippen LogP contribution < -0.4 is 20.3 Å². The zero-order valence-corrected chi connectivity index (χ0v) is 17.9. The fourth-order valence-corrected chi connectivity index (χ4v) is 3.29. The Kier molecular flexibility index (Phi) is 7.79. The molecular weight excluding hydrogens is 390 g/mol. The predicted molar refractivity (Wildman–Crippen MR) is 123 cm³/mol. The van der Waals surface area contributed by atoms with Crippen LogP contribution in [0.15, 0.2) is 78.9 Å². The van der Waals surface area contributed by atoms with Crippen molar-refractivity contribution >= 4 is 23.2 Å². The van der Waals surface area contributed by atoms with E-state index < -0.39 is 0 Å². The number of nitrogens with one attached hydrogen (secondary N) is 3. The zero-order chi connectivity index (χ0) is 22.1. The molecule has 6 nitrogen and oxygen atoms in total. The molecule has 0 fully saturated rings. The number of hydrogen-bond donors (Lipinski definition) is 3. The van der Waals surface area contributed by atoms with Gasteiger partial charge in [0.2, 0.25) is 0 Å². The summed E-state index contributed by atoms with van der Waals surface area (Å²) in [7, 11) is 1.56. The smallest absolute Gasteiger partial charge is 0.279 e. The van der Waals surface area contributed by atoms with Gasteiger partial charge in [0.05, 0.1) is 19.3 Å². The van der Waals surface area contributed by atoms with E-state index in [2.05, 4.69) is 10.6 Å². The summed E-state index contributed by atoms with van der Waals surface area (Å²) in [6, 6.07) is 25.1. The first-order chi connectivity index (χ1) is 15.1. The van der Waals surface area contributed by atoms with Crippen molar-refractivity contribution in [2.45, 2.75) is 6.92 Å². The molecule has 3 aromatic rings. The highest BCUT2D eigenvalue weighted by molar-refractivity contribution is 5.94. The number of benzene rings is 3. The molecule has 3 rings (SSSR count). The predicted octanol–water partition coefficient (Wildman–Crippen LogP) is 2.84. The van der Waals surface area contributed by atoms with Crippen molar-refractivity contribution in [2.75, 3.05) is 37.4 Å². The number of carbonyl (C=O) groups is 2. The molecule has 0 aromatic heterocycles. The lowest BCUT2D eigenvalue weighted by atomic mass is 10.1. The Morgan fingerprint density at radius 1 is 0.774 bits per heavy atom. The van der Waals surface area contributed by atoms with E-state index >= 15 is 0 Å². The molecule has 0 saturated heterocycles. The summed E-state index contributed by atoms with van der Waals surface area (Å²) < 4.78 is 5.26. The van der Waals surface area contributed by atoms with E-state index in [0.717, 1.165) is 21.7 Å². The summed E-state index contributed by atoms with van der Waals surface area (Å²) in [5.74, 6) is 0.307. The van der Waals surface area contributed by atoms with Crippen molar-refractivity contribution in [3.05, 3.63) is 78.9 Å². The van der Waals surface area contributed by atoms with Crippen LogP contribution >= 0.6 is 0 Å². The molecule has 3 aromatic carbocycles. The molecule has 3 N–H and O–H groups in total. The average Bonchev–Trinajstić information content (AvgIpc) is 2.80. The maximum atomic E-state index is 12.5. The topological polar surface area (TPSA) is 71.9 Å². The van der Waals surface area contributed by atoms with Gasteiger partial charge >= 0.3 is 0 Å². The first-order valence-corrected chi connectivity index (χ1v) is 10.3. The zero-order valence-electron chi connectivity index (χ0n) is 17.9. The number of anilines is 2. The van der Waals surface area contributed by atoms with Crippen LogP contribution in [0.25, 0.3) is 11.1 Å². The van der Waals surface area contributed by atoms with Gasteiger partial charge in [-0.2, -0.15) is 0 Å². The fourth-order valence-electron chi connectivity index (χ4n) is 3.29. The van der Waals surface area contributed by atoms with Crippen molar-refractivity contribution in [3.8, 4) is 16.9 Å². The maximum Gasteiger partial charge on any atom is 0.279 e. The Hall–Kier alpha value is -3.64. The number of carbonyl (C=O) groups excluding carboxylic acids is 2. The summed E-state index contributed by atoms with van der Waals surface area (Å²) in [4.78, 5) is 25.8. The molecule has 1 atom stereocenters. The second-order valence-electron chi connectivity index (χ2n) is 7.20. The van der Waals surface area contributed by atoms with E-state index in [4.69, 9.17) is 4.74 Å². The van der Waals surface area contributed by atoms with Crippen LogP contribution in [0.5, 0.6) is 5.75 Å². The Balaban J connectivity index is 1.53. The van der Waals surface area contributed by atoms with Crippen LogP contribution in [0.4, 0.5) is 11.4 Å². The number of rotatable bonds is 9. The summed E-state index contributed by atoms with van der Waals surface area (Å²) >= 11 is 0. The quantitative estimate of drug-likeness (QED) is 0.500. The standard InChI is InChI=1S/C25H27N3O3/c1-3-28(18-25(30)27-22-11-7-8-12-23(22)31-2)17-24(29)26-21-15-13-20(14-16-21)19-9-5-4-6-10-19/h4-16H,3,17-18H2,1-2H3,(H,26,29)(H,27,30)/p+1. The summed E-state index contributed by atoms with van der Waals surface area (Å²) in [6.45, 7) is 3.00. The van der Waals surface area contributed by atoms with Crippen molar-refractivity contribution < 1.29 is 19.2 Å². The highest BCUT2D eigenvalue weighted by atomic mass is 16.5. The van der Waals surface area contributed by atoms with Crippen LogP contribution in [0, 0.1) is 0 Å². The number of amides is 2. The highest BCUT2D eigenvalue weighted by Gasteiger charge is 2.18. The van der Waals surface area contributed by atoms with Crippen molar-refractivity contribution in [1.82, 2.24) is 0 Å². The van der Waals surface area contributed by atoms with Crippen molar-refractivity contribution in [3.63, 3.8) is 0 Å². The number of hydrogen-bond acceptors (Lipinski definition) is 3. The van der Waals surface area contributed by atoms with Gasteiger partial charge in [0.1, 0.15) is 5.75 Å². The molecule has 0 spiro atoms. The molecule has 0 bridgehead atoms. The molecule has 6 heteroatoms. The third kappa shape index (κ3) is 6.42. The molecule has 0 radical (unpaired) electrons. The Morgan fingerprint density at radius 2 is 1.35 bits per heavy atom. The van der Waals surface area contributed by atoms with Gasteiger partial charge in [0.25, 0.3) is 11.8 Å². The number of methoxy groups -OCH3 is 1. The van der Waals surface area contributed by atoms with E-state index in [0.29, 0.717) is 18.0 Å². The van der Waals surface area contributed by atoms with Gasteiger partial charge in [-0.3, -0.25) is 9.59 Å². The van der Waals surface area contributed by atoms with E-state index in [9.17, 15) is 9.59 Å².